The Bertz CT molecular complexity index is 959. The molecule has 0 spiro atoms. The van der Waals surface area contributed by atoms with E-state index in [9.17, 15) is 14.4 Å². The summed E-state index contributed by atoms with van der Waals surface area (Å²) in [4.78, 5) is 37.9. The Morgan fingerprint density at radius 3 is 2.53 bits per heavy atom. The Hall–Kier alpha value is -3.62. The zero-order chi connectivity index (χ0) is 22.9. The Balaban J connectivity index is 1.40. The van der Waals surface area contributed by atoms with Gasteiger partial charge in [-0.1, -0.05) is 12.1 Å². The number of aromatic nitrogens is 2. The number of rotatable bonds is 7. The maximum Gasteiger partial charge on any atom is 0.330 e. The first-order chi connectivity index (χ1) is 15.4. The number of piperidine rings is 1. The zero-order valence-electron chi connectivity index (χ0n) is 18.4. The average Bonchev–Trinajstić information content (AvgIpc) is 3.24. The van der Waals surface area contributed by atoms with Crippen molar-refractivity contribution >= 4 is 29.7 Å². The van der Waals surface area contributed by atoms with Gasteiger partial charge in [0.25, 0.3) is 5.91 Å². The Morgan fingerprint density at radius 1 is 1.19 bits per heavy atom. The summed E-state index contributed by atoms with van der Waals surface area (Å²) in [6.07, 6.45) is 7.94. The molecule has 0 saturated carbocycles. The van der Waals surface area contributed by atoms with Crippen LogP contribution in [0.1, 0.15) is 35.7 Å². The SMILES string of the molecule is CCOC(=O)C=Cc1ccc(NC(=O)N2CCC(CNC(=O)c3cnn(C)c3)CC2)cc1. The van der Waals surface area contributed by atoms with Gasteiger partial charge in [0.1, 0.15) is 0 Å². The lowest BCUT2D eigenvalue weighted by Gasteiger charge is -2.32. The van der Waals surface area contributed by atoms with E-state index in [1.54, 1.807) is 54.2 Å². The number of carbonyl (C=O) groups excluding carboxylic acids is 3. The van der Waals surface area contributed by atoms with Crippen LogP contribution in [0.15, 0.2) is 42.7 Å². The molecule has 0 bridgehead atoms. The third-order valence-electron chi connectivity index (χ3n) is 5.28. The van der Waals surface area contributed by atoms with E-state index in [2.05, 4.69) is 15.7 Å². The number of urea groups is 1. The third-order valence-corrected chi connectivity index (χ3v) is 5.28. The molecule has 32 heavy (non-hydrogen) atoms. The predicted octanol–water partition coefficient (Wildman–Crippen LogP) is 2.67. The maximum absolute atomic E-state index is 12.6. The molecule has 1 aliphatic heterocycles. The summed E-state index contributed by atoms with van der Waals surface area (Å²) in [6, 6.07) is 7.09. The molecule has 2 aromatic rings. The molecule has 0 radical (unpaired) electrons. The second-order valence-electron chi connectivity index (χ2n) is 7.68. The second kappa shape index (κ2) is 11.1. The number of benzene rings is 1. The van der Waals surface area contributed by atoms with E-state index in [0.29, 0.717) is 43.4 Å². The number of aryl methyl sites for hydroxylation is 1. The van der Waals surface area contributed by atoms with Crippen molar-refractivity contribution in [2.24, 2.45) is 13.0 Å². The summed E-state index contributed by atoms with van der Waals surface area (Å²) < 4.78 is 6.45. The first-order valence-corrected chi connectivity index (χ1v) is 10.7. The highest BCUT2D eigenvalue weighted by atomic mass is 16.5. The van der Waals surface area contributed by atoms with Gasteiger partial charge in [-0.2, -0.15) is 5.10 Å². The molecule has 1 fully saturated rings. The van der Waals surface area contributed by atoms with Crippen LogP contribution in [0, 0.1) is 5.92 Å². The number of carbonyl (C=O) groups is 3. The Labute approximate surface area is 187 Å². The first-order valence-electron chi connectivity index (χ1n) is 10.7. The minimum atomic E-state index is -0.384. The van der Waals surface area contributed by atoms with Crippen molar-refractivity contribution in [1.29, 1.82) is 0 Å². The lowest BCUT2D eigenvalue weighted by atomic mass is 9.97. The van der Waals surface area contributed by atoms with Crippen molar-refractivity contribution in [3.63, 3.8) is 0 Å². The normalized spacial score (nSPS) is 14.4. The van der Waals surface area contributed by atoms with E-state index in [1.807, 2.05) is 12.1 Å². The smallest absolute Gasteiger partial charge is 0.330 e. The van der Waals surface area contributed by atoms with Crippen LogP contribution < -0.4 is 10.6 Å². The fraction of sp³-hybridized carbons (Fsp3) is 0.391. The van der Waals surface area contributed by atoms with E-state index in [0.717, 1.165) is 18.4 Å². The first kappa shape index (κ1) is 23.1. The number of ether oxygens (including phenoxy) is 1. The van der Waals surface area contributed by atoms with Gasteiger partial charge in [-0.05, 0) is 49.5 Å². The van der Waals surface area contributed by atoms with Crippen molar-refractivity contribution in [1.82, 2.24) is 20.0 Å². The minimum Gasteiger partial charge on any atom is -0.463 e. The van der Waals surface area contributed by atoms with Crippen LogP contribution in [0.25, 0.3) is 6.08 Å². The zero-order valence-corrected chi connectivity index (χ0v) is 18.4. The molecule has 9 heteroatoms. The van der Waals surface area contributed by atoms with E-state index >= 15 is 0 Å². The molecule has 2 heterocycles. The topological polar surface area (TPSA) is 106 Å². The average molecular weight is 440 g/mol. The van der Waals surface area contributed by atoms with E-state index < -0.39 is 0 Å². The lowest BCUT2D eigenvalue weighted by molar-refractivity contribution is -0.137. The number of hydrogen-bond acceptors (Lipinski definition) is 5. The molecule has 1 aromatic carbocycles. The van der Waals surface area contributed by atoms with Crippen molar-refractivity contribution in [2.45, 2.75) is 19.8 Å². The fourth-order valence-corrected chi connectivity index (χ4v) is 3.45. The van der Waals surface area contributed by atoms with Crippen molar-refractivity contribution in [3.05, 3.63) is 53.9 Å². The molecular weight excluding hydrogens is 410 g/mol. The molecule has 1 aromatic heterocycles. The molecule has 170 valence electrons. The number of esters is 1. The number of nitrogens with one attached hydrogen (secondary N) is 2. The molecule has 1 saturated heterocycles. The highest BCUT2D eigenvalue weighted by molar-refractivity contribution is 5.93. The van der Waals surface area contributed by atoms with Crippen LogP contribution in [-0.4, -0.2) is 58.8 Å². The van der Waals surface area contributed by atoms with Crippen LogP contribution in [0.4, 0.5) is 10.5 Å². The summed E-state index contributed by atoms with van der Waals surface area (Å²) in [5.74, 6) is -0.172. The Morgan fingerprint density at radius 2 is 1.91 bits per heavy atom. The highest BCUT2D eigenvalue weighted by Crippen LogP contribution is 2.18. The van der Waals surface area contributed by atoms with Crippen LogP contribution in [0.3, 0.4) is 0 Å². The van der Waals surface area contributed by atoms with Gasteiger partial charge in [0.05, 0.1) is 18.4 Å². The Kier molecular flexibility index (Phi) is 8.02. The van der Waals surface area contributed by atoms with Crippen LogP contribution in [-0.2, 0) is 16.6 Å². The molecule has 0 aliphatic carbocycles. The van der Waals surface area contributed by atoms with Crippen molar-refractivity contribution in [2.75, 3.05) is 31.6 Å². The monoisotopic (exact) mass is 439 g/mol. The quantitative estimate of drug-likeness (QED) is 0.510. The lowest BCUT2D eigenvalue weighted by Crippen LogP contribution is -2.43. The molecular formula is C23H29N5O4. The maximum atomic E-state index is 12.6. The number of anilines is 1. The van der Waals surface area contributed by atoms with Crippen LogP contribution >= 0.6 is 0 Å². The van der Waals surface area contributed by atoms with Gasteiger partial charge in [0, 0.05) is 44.6 Å². The molecule has 2 N–H and O–H groups in total. The van der Waals surface area contributed by atoms with Gasteiger partial charge in [-0.25, -0.2) is 9.59 Å². The molecule has 0 unspecified atom stereocenters. The van der Waals surface area contributed by atoms with Gasteiger partial charge >= 0.3 is 12.0 Å². The van der Waals surface area contributed by atoms with Crippen LogP contribution in [0.5, 0.6) is 0 Å². The largest absolute Gasteiger partial charge is 0.463 e. The minimum absolute atomic E-state index is 0.126. The van der Waals surface area contributed by atoms with Gasteiger partial charge in [-0.15, -0.1) is 0 Å². The summed E-state index contributed by atoms with van der Waals surface area (Å²) in [5.41, 5.74) is 2.08. The summed E-state index contributed by atoms with van der Waals surface area (Å²) in [7, 11) is 1.77. The second-order valence-corrected chi connectivity index (χ2v) is 7.68. The molecule has 1 aliphatic rings. The van der Waals surface area contributed by atoms with Gasteiger partial charge in [-0.3, -0.25) is 9.48 Å². The van der Waals surface area contributed by atoms with E-state index in [-0.39, 0.29) is 17.9 Å². The van der Waals surface area contributed by atoms with Crippen molar-refractivity contribution < 1.29 is 19.1 Å². The summed E-state index contributed by atoms with van der Waals surface area (Å²) in [5, 5.41) is 9.86. The molecule has 0 atom stereocenters. The standard InChI is InChI=1S/C23H29N5O4/c1-3-32-21(29)9-6-17-4-7-20(8-5-17)26-23(31)28-12-10-18(11-13-28)14-24-22(30)19-15-25-27(2)16-19/h4-9,15-16,18H,3,10-14H2,1-2H3,(H,24,30)(H,26,31). The van der Waals surface area contributed by atoms with Gasteiger partial charge in [0.2, 0.25) is 0 Å². The van der Waals surface area contributed by atoms with E-state index in [1.165, 1.54) is 6.08 Å². The molecule has 9 nitrogen and oxygen atoms in total. The predicted molar refractivity (Wildman–Crippen MR) is 121 cm³/mol. The fourth-order valence-electron chi connectivity index (χ4n) is 3.45. The number of nitrogens with zero attached hydrogens (tertiary/aromatic N) is 3. The van der Waals surface area contributed by atoms with Gasteiger partial charge < -0.3 is 20.3 Å². The van der Waals surface area contributed by atoms with Crippen molar-refractivity contribution in [3.8, 4) is 0 Å². The van der Waals surface area contributed by atoms with Gasteiger partial charge in [0.15, 0.2) is 0 Å². The summed E-state index contributed by atoms with van der Waals surface area (Å²) in [6.45, 7) is 3.96. The molecule has 3 amide bonds. The summed E-state index contributed by atoms with van der Waals surface area (Å²) >= 11 is 0. The number of likely N-dealkylation sites (tertiary alicyclic amines) is 1. The third kappa shape index (κ3) is 6.69. The van der Waals surface area contributed by atoms with Crippen LogP contribution in [0.2, 0.25) is 0 Å². The van der Waals surface area contributed by atoms with E-state index in [4.69, 9.17) is 4.74 Å². The molecule has 3 rings (SSSR count). The highest BCUT2D eigenvalue weighted by Gasteiger charge is 2.23. The number of amides is 3. The number of hydrogen-bond donors (Lipinski definition) is 2.